The number of hydrogen-bond acceptors (Lipinski definition) is 4. The molecule has 0 fully saturated rings. The molecule has 4 heteroatoms. The van der Waals surface area contributed by atoms with Gasteiger partial charge in [0.25, 0.3) is 0 Å². The van der Waals surface area contributed by atoms with Crippen molar-refractivity contribution < 1.29 is 0 Å². The van der Waals surface area contributed by atoms with Crippen molar-refractivity contribution in [3.63, 3.8) is 0 Å². The Labute approximate surface area is 82.2 Å². The number of aromatic nitrogens is 2. The topological polar surface area (TPSA) is 49.6 Å². The molecule has 0 amide bonds. The molecule has 0 saturated heterocycles. The van der Waals surface area contributed by atoms with Crippen molar-refractivity contribution >= 4 is 11.8 Å². The molecule has 0 aromatic carbocycles. The van der Waals surface area contributed by atoms with Crippen LogP contribution in [0.15, 0.2) is 17.4 Å². The SMILES string of the molecule is CC(C)CSc1cnc(C#N)cn1. The Morgan fingerprint density at radius 2 is 2.23 bits per heavy atom. The summed E-state index contributed by atoms with van der Waals surface area (Å²) in [4.78, 5) is 8.03. The van der Waals surface area contributed by atoms with Crippen molar-refractivity contribution in [3.05, 3.63) is 18.1 Å². The second-order valence-corrected chi connectivity index (χ2v) is 4.10. The molecular formula is C9H11N3S. The molecule has 0 spiro atoms. The molecule has 13 heavy (non-hydrogen) atoms. The van der Waals surface area contributed by atoms with Gasteiger partial charge in [-0.1, -0.05) is 13.8 Å². The summed E-state index contributed by atoms with van der Waals surface area (Å²) in [7, 11) is 0. The van der Waals surface area contributed by atoms with E-state index in [2.05, 4.69) is 23.8 Å². The third-order valence-corrected chi connectivity index (χ3v) is 2.65. The molecule has 0 radical (unpaired) electrons. The number of thioether (sulfide) groups is 1. The predicted octanol–water partition coefficient (Wildman–Crippen LogP) is 2.10. The van der Waals surface area contributed by atoms with Crippen LogP contribution < -0.4 is 0 Å². The maximum Gasteiger partial charge on any atom is 0.158 e. The van der Waals surface area contributed by atoms with E-state index in [1.54, 1.807) is 18.0 Å². The van der Waals surface area contributed by atoms with Crippen molar-refractivity contribution in [2.75, 3.05) is 5.75 Å². The van der Waals surface area contributed by atoms with E-state index in [0.29, 0.717) is 11.6 Å². The standard InChI is InChI=1S/C9H11N3S/c1-7(2)6-13-9-5-11-8(3-10)4-12-9/h4-5,7H,6H2,1-2H3. The van der Waals surface area contributed by atoms with E-state index in [1.165, 1.54) is 6.20 Å². The first kappa shape index (κ1) is 10.0. The van der Waals surface area contributed by atoms with Gasteiger partial charge in [0.15, 0.2) is 5.69 Å². The molecule has 0 bridgehead atoms. The van der Waals surface area contributed by atoms with Crippen LogP contribution in [-0.4, -0.2) is 15.7 Å². The second kappa shape index (κ2) is 4.83. The lowest BCUT2D eigenvalue weighted by molar-refractivity contribution is 0.749. The first-order valence-corrected chi connectivity index (χ1v) is 5.06. The third kappa shape index (κ3) is 3.43. The molecule has 68 valence electrons. The van der Waals surface area contributed by atoms with Gasteiger partial charge in [0.1, 0.15) is 11.1 Å². The monoisotopic (exact) mass is 193 g/mol. The third-order valence-electron chi connectivity index (χ3n) is 1.31. The average Bonchev–Trinajstić information content (AvgIpc) is 2.15. The van der Waals surface area contributed by atoms with Crippen LogP contribution in [0.25, 0.3) is 0 Å². The van der Waals surface area contributed by atoms with Crippen LogP contribution in [0.5, 0.6) is 0 Å². The summed E-state index contributed by atoms with van der Waals surface area (Å²) >= 11 is 1.66. The van der Waals surface area contributed by atoms with E-state index in [9.17, 15) is 0 Å². The Kier molecular flexibility index (Phi) is 3.71. The van der Waals surface area contributed by atoms with Gasteiger partial charge in [-0.3, -0.25) is 0 Å². The summed E-state index contributed by atoms with van der Waals surface area (Å²) in [5, 5.41) is 9.37. The second-order valence-electron chi connectivity index (χ2n) is 3.06. The smallest absolute Gasteiger partial charge is 0.158 e. The van der Waals surface area contributed by atoms with Crippen molar-refractivity contribution in [1.29, 1.82) is 5.26 Å². The van der Waals surface area contributed by atoms with Crippen LogP contribution in [0.3, 0.4) is 0 Å². The molecule has 1 heterocycles. The van der Waals surface area contributed by atoms with Gasteiger partial charge in [0.05, 0.1) is 12.4 Å². The van der Waals surface area contributed by atoms with Gasteiger partial charge in [-0.2, -0.15) is 5.26 Å². The lowest BCUT2D eigenvalue weighted by atomic mass is 10.3. The van der Waals surface area contributed by atoms with Crippen LogP contribution in [0.1, 0.15) is 19.5 Å². The summed E-state index contributed by atoms with van der Waals surface area (Å²) in [5.74, 6) is 1.67. The van der Waals surface area contributed by atoms with Crippen LogP contribution in [0, 0.1) is 17.2 Å². The fraction of sp³-hybridized carbons (Fsp3) is 0.444. The minimum absolute atomic E-state index is 0.369. The normalized spacial score (nSPS) is 10.0. The number of hydrogen-bond donors (Lipinski definition) is 0. The van der Waals surface area contributed by atoms with E-state index in [0.717, 1.165) is 10.8 Å². The van der Waals surface area contributed by atoms with Gasteiger partial charge < -0.3 is 0 Å². The summed E-state index contributed by atoms with van der Waals surface area (Å²) in [5.41, 5.74) is 0.369. The molecule has 0 N–H and O–H groups in total. The minimum atomic E-state index is 0.369. The summed E-state index contributed by atoms with van der Waals surface area (Å²) in [6, 6.07) is 1.94. The first-order valence-electron chi connectivity index (χ1n) is 4.07. The zero-order valence-corrected chi connectivity index (χ0v) is 8.51. The highest BCUT2D eigenvalue weighted by Crippen LogP contribution is 2.16. The molecule has 1 rings (SSSR count). The molecule has 0 atom stereocenters. The van der Waals surface area contributed by atoms with Crippen molar-refractivity contribution in [3.8, 4) is 6.07 Å². The zero-order chi connectivity index (χ0) is 9.68. The maximum atomic E-state index is 8.49. The Balaban J connectivity index is 2.55. The van der Waals surface area contributed by atoms with Gasteiger partial charge in [0.2, 0.25) is 0 Å². The zero-order valence-electron chi connectivity index (χ0n) is 7.69. The Bertz CT molecular complexity index is 300. The molecule has 0 aliphatic carbocycles. The Morgan fingerprint density at radius 3 is 2.69 bits per heavy atom. The largest absolute Gasteiger partial charge is 0.245 e. The van der Waals surface area contributed by atoms with Gasteiger partial charge in [0, 0.05) is 5.75 Å². The van der Waals surface area contributed by atoms with Crippen LogP contribution in [-0.2, 0) is 0 Å². The van der Waals surface area contributed by atoms with Gasteiger partial charge >= 0.3 is 0 Å². The van der Waals surface area contributed by atoms with Crippen LogP contribution >= 0.6 is 11.8 Å². The lowest BCUT2D eigenvalue weighted by Crippen LogP contribution is -1.92. The van der Waals surface area contributed by atoms with Crippen LogP contribution in [0.2, 0.25) is 0 Å². The van der Waals surface area contributed by atoms with E-state index in [4.69, 9.17) is 5.26 Å². The molecule has 0 saturated carbocycles. The van der Waals surface area contributed by atoms with Gasteiger partial charge in [-0.15, -0.1) is 11.8 Å². The van der Waals surface area contributed by atoms with E-state index < -0.39 is 0 Å². The highest BCUT2D eigenvalue weighted by molar-refractivity contribution is 7.99. The van der Waals surface area contributed by atoms with Crippen molar-refractivity contribution in [1.82, 2.24) is 9.97 Å². The highest BCUT2D eigenvalue weighted by atomic mass is 32.2. The molecule has 0 aliphatic rings. The fourth-order valence-electron chi connectivity index (χ4n) is 0.701. The minimum Gasteiger partial charge on any atom is -0.245 e. The molecule has 1 aromatic rings. The summed E-state index contributed by atoms with van der Waals surface area (Å²) < 4.78 is 0. The Hall–Kier alpha value is -1.08. The van der Waals surface area contributed by atoms with Crippen LogP contribution in [0.4, 0.5) is 0 Å². The van der Waals surface area contributed by atoms with Crippen molar-refractivity contribution in [2.45, 2.75) is 18.9 Å². The van der Waals surface area contributed by atoms with E-state index in [-0.39, 0.29) is 0 Å². The lowest BCUT2D eigenvalue weighted by Gasteiger charge is -2.02. The first-order chi connectivity index (χ1) is 6.22. The molecular weight excluding hydrogens is 182 g/mol. The molecule has 0 unspecified atom stereocenters. The summed E-state index contributed by atoms with van der Waals surface area (Å²) in [6.45, 7) is 4.31. The average molecular weight is 193 g/mol. The quantitative estimate of drug-likeness (QED) is 0.690. The number of rotatable bonds is 3. The van der Waals surface area contributed by atoms with E-state index >= 15 is 0 Å². The van der Waals surface area contributed by atoms with E-state index in [1.807, 2.05) is 6.07 Å². The van der Waals surface area contributed by atoms with Crippen molar-refractivity contribution in [2.24, 2.45) is 5.92 Å². The predicted molar refractivity (Wildman–Crippen MR) is 52.3 cm³/mol. The summed E-state index contributed by atoms with van der Waals surface area (Å²) in [6.07, 6.45) is 3.15. The maximum absolute atomic E-state index is 8.49. The van der Waals surface area contributed by atoms with Gasteiger partial charge in [-0.25, -0.2) is 9.97 Å². The molecule has 3 nitrogen and oxygen atoms in total. The number of nitriles is 1. The van der Waals surface area contributed by atoms with Gasteiger partial charge in [-0.05, 0) is 5.92 Å². The molecule has 1 aromatic heterocycles. The Morgan fingerprint density at radius 1 is 1.46 bits per heavy atom. The molecule has 0 aliphatic heterocycles. The number of nitrogens with zero attached hydrogens (tertiary/aromatic N) is 3. The highest BCUT2D eigenvalue weighted by Gasteiger charge is 1.99. The fourth-order valence-corrected chi connectivity index (χ4v) is 1.46.